The van der Waals surface area contributed by atoms with Crippen LogP contribution in [0.1, 0.15) is 27.2 Å². The summed E-state index contributed by atoms with van der Waals surface area (Å²) in [5.41, 5.74) is -0.506. The van der Waals surface area contributed by atoms with Crippen molar-refractivity contribution < 1.29 is 9.90 Å². The van der Waals surface area contributed by atoms with Crippen LogP contribution in [0, 0.1) is 5.41 Å². The molecule has 1 aliphatic heterocycles. The number of carboxylic acid groups (broad SMARTS) is 1. The third kappa shape index (κ3) is 2.92. The van der Waals surface area contributed by atoms with E-state index in [1.807, 2.05) is 0 Å². The van der Waals surface area contributed by atoms with Crippen LogP contribution in [0.5, 0.6) is 0 Å². The molecule has 1 aliphatic rings. The first kappa shape index (κ1) is 12.5. The second-order valence-electron chi connectivity index (χ2n) is 5.51. The topological polar surface area (TPSA) is 52.6 Å². The lowest BCUT2D eigenvalue weighted by Gasteiger charge is -2.30. The molecule has 0 bridgehead atoms. The van der Waals surface area contributed by atoms with E-state index < -0.39 is 11.5 Å². The molecule has 0 spiro atoms. The molecule has 1 atom stereocenters. The number of hydrogen-bond acceptors (Lipinski definition) is 3. The van der Waals surface area contributed by atoms with Crippen molar-refractivity contribution in [3.8, 4) is 0 Å². The molecule has 15 heavy (non-hydrogen) atoms. The van der Waals surface area contributed by atoms with Crippen LogP contribution in [0.2, 0.25) is 0 Å². The molecule has 4 heteroatoms. The van der Waals surface area contributed by atoms with Crippen LogP contribution in [0.3, 0.4) is 0 Å². The van der Waals surface area contributed by atoms with Crippen LogP contribution in [0.4, 0.5) is 0 Å². The Labute approximate surface area is 91.6 Å². The van der Waals surface area contributed by atoms with E-state index in [-0.39, 0.29) is 0 Å². The molecule has 2 N–H and O–H groups in total. The molecule has 0 saturated carbocycles. The van der Waals surface area contributed by atoms with Gasteiger partial charge >= 0.3 is 5.97 Å². The highest BCUT2D eigenvalue weighted by atomic mass is 16.4. The Bertz CT molecular complexity index is 253. The molecule has 1 saturated heterocycles. The molecular formula is C11H22N2O2. The summed E-state index contributed by atoms with van der Waals surface area (Å²) in [7, 11) is 1.70. The zero-order valence-corrected chi connectivity index (χ0v) is 10.1. The van der Waals surface area contributed by atoms with Crippen LogP contribution >= 0.6 is 0 Å². The maximum Gasteiger partial charge on any atom is 0.324 e. The number of likely N-dealkylation sites (tertiary alicyclic amines) is 1. The number of nitrogens with one attached hydrogen (secondary N) is 1. The lowest BCUT2D eigenvalue weighted by atomic mass is 9.93. The summed E-state index contributed by atoms with van der Waals surface area (Å²) in [5, 5.41) is 12.0. The molecule has 0 amide bonds. The van der Waals surface area contributed by atoms with Crippen LogP contribution in [-0.2, 0) is 4.79 Å². The molecule has 1 unspecified atom stereocenters. The minimum atomic E-state index is -0.833. The Balaban J connectivity index is 2.58. The van der Waals surface area contributed by atoms with Crippen molar-refractivity contribution in [3.05, 3.63) is 0 Å². The third-order valence-electron chi connectivity index (χ3n) is 3.32. The summed E-state index contributed by atoms with van der Waals surface area (Å²) in [6.45, 7) is 8.74. The predicted octanol–water partition coefficient (Wildman–Crippen LogP) is 0.781. The van der Waals surface area contributed by atoms with Gasteiger partial charge in [0.1, 0.15) is 5.54 Å². The fourth-order valence-corrected chi connectivity index (χ4v) is 2.06. The molecule has 4 nitrogen and oxygen atoms in total. The van der Waals surface area contributed by atoms with E-state index in [2.05, 4.69) is 24.1 Å². The second kappa shape index (κ2) is 4.10. The van der Waals surface area contributed by atoms with Gasteiger partial charge < -0.3 is 15.3 Å². The highest BCUT2D eigenvalue weighted by Gasteiger charge is 2.37. The molecule has 88 valence electrons. The monoisotopic (exact) mass is 214 g/mol. The zero-order chi connectivity index (χ0) is 11.7. The van der Waals surface area contributed by atoms with Crippen molar-refractivity contribution >= 4 is 5.97 Å². The third-order valence-corrected chi connectivity index (χ3v) is 3.32. The number of likely N-dealkylation sites (N-methyl/N-ethyl adjacent to an activating group) is 1. The van der Waals surface area contributed by atoms with Gasteiger partial charge in [-0.3, -0.25) is 4.79 Å². The van der Waals surface area contributed by atoms with Gasteiger partial charge in [0.2, 0.25) is 0 Å². The fourth-order valence-electron chi connectivity index (χ4n) is 2.06. The van der Waals surface area contributed by atoms with E-state index >= 15 is 0 Å². The number of aliphatic carboxylic acids is 1. The predicted molar refractivity (Wildman–Crippen MR) is 59.9 cm³/mol. The van der Waals surface area contributed by atoms with Crippen molar-refractivity contribution in [1.82, 2.24) is 10.2 Å². The van der Waals surface area contributed by atoms with Crippen LogP contribution < -0.4 is 5.32 Å². The molecular weight excluding hydrogens is 192 g/mol. The van der Waals surface area contributed by atoms with Gasteiger partial charge in [-0.15, -0.1) is 0 Å². The van der Waals surface area contributed by atoms with Gasteiger partial charge in [-0.25, -0.2) is 0 Å². The van der Waals surface area contributed by atoms with Crippen molar-refractivity contribution in [1.29, 1.82) is 0 Å². The number of nitrogens with zero attached hydrogens (tertiary/aromatic N) is 1. The molecule has 0 aromatic carbocycles. The number of rotatable bonds is 4. The lowest BCUT2D eigenvalue weighted by molar-refractivity contribution is -0.144. The van der Waals surface area contributed by atoms with Crippen molar-refractivity contribution in [2.24, 2.45) is 5.41 Å². The first-order valence-electron chi connectivity index (χ1n) is 5.44. The average Bonchev–Trinajstić information content (AvgIpc) is 2.45. The molecule has 1 rings (SSSR count). The summed E-state index contributed by atoms with van der Waals surface area (Å²) < 4.78 is 0. The molecule has 0 aliphatic carbocycles. The summed E-state index contributed by atoms with van der Waals surface area (Å²) in [5.74, 6) is -0.783. The molecule has 0 aromatic heterocycles. The Morgan fingerprint density at radius 1 is 1.60 bits per heavy atom. The van der Waals surface area contributed by atoms with Gasteiger partial charge in [0.25, 0.3) is 0 Å². The first-order valence-corrected chi connectivity index (χ1v) is 5.44. The molecule has 0 radical (unpaired) electrons. The van der Waals surface area contributed by atoms with Gasteiger partial charge in [-0.1, -0.05) is 13.8 Å². The van der Waals surface area contributed by atoms with Gasteiger partial charge in [-0.2, -0.15) is 0 Å². The van der Waals surface area contributed by atoms with E-state index in [0.717, 1.165) is 19.5 Å². The van der Waals surface area contributed by atoms with Crippen LogP contribution in [-0.4, -0.2) is 48.2 Å². The minimum absolute atomic E-state index is 0.327. The van der Waals surface area contributed by atoms with Crippen LogP contribution in [0.25, 0.3) is 0 Å². The van der Waals surface area contributed by atoms with Gasteiger partial charge in [-0.05, 0) is 32.4 Å². The molecule has 0 aromatic rings. The Morgan fingerprint density at radius 2 is 2.20 bits per heavy atom. The largest absolute Gasteiger partial charge is 0.480 e. The normalized spacial score (nSPS) is 25.1. The summed E-state index contributed by atoms with van der Waals surface area (Å²) in [6, 6.07) is 0. The minimum Gasteiger partial charge on any atom is -0.480 e. The zero-order valence-electron chi connectivity index (χ0n) is 10.1. The van der Waals surface area contributed by atoms with Gasteiger partial charge in [0.05, 0.1) is 0 Å². The smallest absolute Gasteiger partial charge is 0.324 e. The lowest BCUT2D eigenvalue weighted by Crippen LogP contribution is -2.55. The van der Waals surface area contributed by atoms with Crippen molar-refractivity contribution in [2.75, 3.05) is 26.7 Å². The van der Waals surface area contributed by atoms with E-state index in [1.165, 1.54) is 0 Å². The van der Waals surface area contributed by atoms with E-state index in [4.69, 9.17) is 5.11 Å². The van der Waals surface area contributed by atoms with E-state index in [1.54, 1.807) is 14.0 Å². The van der Waals surface area contributed by atoms with Crippen LogP contribution in [0.15, 0.2) is 0 Å². The Morgan fingerprint density at radius 3 is 2.53 bits per heavy atom. The quantitative estimate of drug-likeness (QED) is 0.726. The fraction of sp³-hybridized carbons (Fsp3) is 0.909. The maximum absolute atomic E-state index is 11.1. The number of carboxylic acids is 1. The second-order valence-corrected chi connectivity index (χ2v) is 5.51. The van der Waals surface area contributed by atoms with Gasteiger partial charge in [0, 0.05) is 13.1 Å². The van der Waals surface area contributed by atoms with Crippen molar-refractivity contribution in [2.45, 2.75) is 32.7 Å². The first-order chi connectivity index (χ1) is 6.79. The summed E-state index contributed by atoms with van der Waals surface area (Å²) in [6.07, 6.45) is 1.15. The van der Waals surface area contributed by atoms with E-state index in [0.29, 0.717) is 12.0 Å². The summed E-state index contributed by atoms with van der Waals surface area (Å²) >= 11 is 0. The number of hydrogen-bond donors (Lipinski definition) is 2. The highest BCUT2D eigenvalue weighted by Crippen LogP contribution is 2.29. The SMILES string of the molecule is CNC(C)(CN1CCC(C)(C)C1)C(=O)O. The Hall–Kier alpha value is -0.610. The molecule has 1 fully saturated rings. The standard InChI is InChI=1S/C11H22N2O2/c1-10(2)5-6-13(7-10)8-11(3,12-4)9(14)15/h12H,5-8H2,1-4H3,(H,14,15). The maximum atomic E-state index is 11.1. The molecule has 1 heterocycles. The summed E-state index contributed by atoms with van der Waals surface area (Å²) in [4.78, 5) is 13.3. The van der Waals surface area contributed by atoms with E-state index in [9.17, 15) is 4.79 Å². The van der Waals surface area contributed by atoms with Crippen molar-refractivity contribution in [3.63, 3.8) is 0 Å². The highest BCUT2D eigenvalue weighted by molar-refractivity contribution is 5.78. The average molecular weight is 214 g/mol. The van der Waals surface area contributed by atoms with Gasteiger partial charge in [0.15, 0.2) is 0 Å². The Kier molecular flexibility index (Phi) is 3.41. The number of carbonyl (C=O) groups is 1.